The molecule has 0 aromatic heterocycles. The molecule has 0 spiro atoms. The number of nitrogens with one attached hydrogen (secondary N) is 1. The monoisotopic (exact) mass is 405 g/mol. The molecule has 1 aliphatic rings. The van der Waals surface area contributed by atoms with Crippen LogP contribution in [-0.2, 0) is 19.1 Å². The summed E-state index contributed by atoms with van der Waals surface area (Å²) in [6.07, 6.45) is 0.811. The van der Waals surface area contributed by atoms with Gasteiger partial charge in [-0.05, 0) is 46.1 Å². The second kappa shape index (κ2) is 9.28. The van der Waals surface area contributed by atoms with E-state index in [2.05, 4.69) is 5.32 Å². The van der Waals surface area contributed by atoms with Crippen LogP contribution in [-0.4, -0.2) is 23.1 Å². The van der Waals surface area contributed by atoms with E-state index in [1.54, 1.807) is 11.6 Å². The fraction of sp³-hybridized carbons (Fsp3) is 0.476. The number of carbonyl (C=O) groups is 3. The highest BCUT2D eigenvalue weighted by Gasteiger charge is 2.35. The van der Waals surface area contributed by atoms with Crippen LogP contribution in [0.2, 0.25) is 0 Å². The first-order valence-corrected chi connectivity index (χ1v) is 10.2. The second-order valence-corrected chi connectivity index (χ2v) is 8.38. The molecule has 0 bridgehead atoms. The first-order valence-electron chi connectivity index (χ1n) is 9.26. The average molecular weight is 406 g/mol. The number of ether oxygens (including phenoxy) is 2. The normalized spacial score (nSPS) is 17.4. The lowest BCUT2D eigenvalue weighted by molar-refractivity contribution is -0.147. The summed E-state index contributed by atoms with van der Waals surface area (Å²) < 4.78 is 11.1. The molecule has 28 heavy (non-hydrogen) atoms. The molecule has 0 radical (unpaired) electrons. The molecular formula is C21H27NO5S. The van der Waals surface area contributed by atoms with Crippen molar-refractivity contribution >= 4 is 29.6 Å². The summed E-state index contributed by atoms with van der Waals surface area (Å²) in [5.74, 6) is -0.395. The molecule has 1 aromatic carbocycles. The Morgan fingerprint density at radius 3 is 2.04 bits per heavy atom. The van der Waals surface area contributed by atoms with Gasteiger partial charge in [0.15, 0.2) is 0 Å². The summed E-state index contributed by atoms with van der Waals surface area (Å²) in [5, 5.41) is 3.83. The summed E-state index contributed by atoms with van der Waals surface area (Å²) in [6.45, 7) is 10.7. The van der Waals surface area contributed by atoms with Crippen molar-refractivity contribution in [1.82, 2.24) is 5.32 Å². The van der Waals surface area contributed by atoms with Crippen molar-refractivity contribution in [3.63, 3.8) is 0 Å². The van der Waals surface area contributed by atoms with Gasteiger partial charge < -0.3 is 14.8 Å². The Kier molecular flexibility index (Phi) is 7.29. The maximum atomic E-state index is 12.4. The molecule has 1 aliphatic heterocycles. The first-order chi connectivity index (χ1) is 13.1. The van der Waals surface area contributed by atoms with Gasteiger partial charge in [0.25, 0.3) is 0 Å². The molecule has 0 fully saturated rings. The van der Waals surface area contributed by atoms with E-state index in [-0.39, 0.29) is 23.7 Å². The number of benzene rings is 1. The molecule has 0 saturated carbocycles. The summed E-state index contributed by atoms with van der Waals surface area (Å²) in [7, 11) is 0. The van der Waals surface area contributed by atoms with E-state index >= 15 is 0 Å². The van der Waals surface area contributed by atoms with Crippen molar-refractivity contribution < 1.29 is 23.9 Å². The van der Waals surface area contributed by atoms with E-state index in [9.17, 15) is 14.4 Å². The molecule has 6 nitrogen and oxygen atoms in total. The molecule has 1 heterocycles. The summed E-state index contributed by atoms with van der Waals surface area (Å²) in [6, 6.07) is 3.74. The van der Waals surface area contributed by atoms with Gasteiger partial charge in [-0.3, -0.25) is 14.4 Å². The number of esters is 2. The zero-order chi connectivity index (χ0) is 21.0. The summed E-state index contributed by atoms with van der Waals surface area (Å²) in [5.41, 5.74) is 2.39. The van der Waals surface area contributed by atoms with Gasteiger partial charge in [-0.15, -0.1) is 11.8 Å². The number of carbonyl (C=O) groups excluding carboxylic acids is 3. The molecule has 1 aromatic rings. The molecule has 2 rings (SSSR count). The van der Waals surface area contributed by atoms with E-state index in [0.717, 1.165) is 11.1 Å². The largest absolute Gasteiger partial charge is 0.456 e. The maximum absolute atomic E-state index is 12.4. The summed E-state index contributed by atoms with van der Waals surface area (Å²) >= 11 is 1.30. The number of amides is 1. The van der Waals surface area contributed by atoms with Crippen LogP contribution in [0.1, 0.15) is 76.2 Å². The third-order valence-corrected chi connectivity index (χ3v) is 5.38. The lowest BCUT2D eigenvalue weighted by Gasteiger charge is -2.28. The fourth-order valence-electron chi connectivity index (χ4n) is 3.06. The van der Waals surface area contributed by atoms with Crippen molar-refractivity contribution in [1.29, 1.82) is 0 Å². The lowest BCUT2D eigenvalue weighted by Crippen LogP contribution is -2.37. The minimum absolute atomic E-state index is 0.0671. The highest BCUT2D eigenvalue weighted by atomic mass is 32.2. The predicted molar refractivity (Wildman–Crippen MR) is 109 cm³/mol. The quantitative estimate of drug-likeness (QED) is 0.565. The number of hydrogen-bond acceptors (Lipinski definition) is 6. The molecule has 7 heteroatoms. The fourth-order valence-corrected chi connectivity index (χ4v) is 3.92. The summed E-state index contributed by atoms with van der Waals surface area (Å²) in [4.78, 5) is 35.8. The van der Waals surface area contributed by atoms with Crippen molar-refractivity contribution in [2.45, 2.75) is 64.7 Å². The third-order valence-electron chi connectivity index (χ3n) is 4.33. The number of hydrogen-bond donors (Lipinski definition) is 1. The Labute approximate surface area is 170 Å². The molecule has 152 valence electrons. The van der Waals surface area contributed by atoms with Crippen LogP contribution in [0.15, 0.2) is 23.7 Å². The first kappa shape index (κ1) is 22.0. The Bertz CT molecular complexity index is 771. The molecule has 1 N–H and O–H groups in total. The third kappa shape index (κ3) is 5.16. The topological polar surface area (TPSA) is 81.7 Å². The minimum atomic E-state index is -0.756. The zero-order valence-corrected chi connectivity index (χ0v) is 17.9. The standard InChI is InChI=1S/C21H27NO5S/c1-11(2)16-9-15(10-17(12(3)4)19(16)27-14(6)24)18(26-13(5)23)20-21(25)22-7-8-28-20/h7-12,18,20H,1-6H3,(H,22,25). The van der Waals surface area contributed by atoms with Crippen LogP contribution in [0.3, 0.4) is 0 Å². The van der Waals surface area contributed by atoms with Crippen LogP contribution < -0.4 is 10.1 Å². The van der Waals surface area contributed by atoms with Gasteiger partial charge in [0.1, 0.15) is 17.1 Å². The van der Waals surface area contributed by atoms with Crippen LogP contribution in [0.4, 0.5) is 0 Å². The van der Waals surface area contributed by atoms with Crippen LogP contribution in [0, 0.1) is 0 Å². The van der Waals surface area contributed by atoms with Crippen LogP contribution in [0.25, 0.3) is 0 Å². The Balaban J connectivity index is 2.65. The predicted octanol–water partition coefficient (Wildman–Crippen LogP) is 4.17. The van der Waals surface area contributed by atoms with E-state index in [1.807, 2.05) is 39.8 Å². The van der Waals surface area contributed by atoms with Gasteiger partial charge in [-0.1, -0.05) is 27.7 Å². The Morgan fingerprint density at radius 2 is 1.61 bits per heavy atom. The molecule has 1 amide bonds. The molecule has 0 saturated heterocycles. The molecule has 0 aliphatic carbocycles. The second-order valence-electron chi connectivity index (χ2n) is 7.33. The Morgan fingerprint density at radius 1 is 1.04 bits per heavy atom. The minimum Gasteiger partial charge on any atom is -0.456 e. The SMILES string of the molecule is CC(=O)Oc1c(C(C)C)cc(C(OC(C)=O)C2SC=CNC2=O)cc1C(C)C. The highest BCUT2D eigenvalue weighted by Crippen LogP contribution is 2.41. The number of thioether (sulfide) groups is 1. The van der Waals surface area contributed by atoms with Gasteiger partial charge in [0.2, 0.25) is 5.91 Å². The smallest absolute Gasteiger partial charge is 0.308 e. The van der Waals surface area contributed by atoms with E-state index < -0.39 is 17.3 Å². The van der Waals surface area contributed by atoms with Gasteiger partial charge >= 0.3 is 11.9 Å². The molecule has 2 unspecified atom stereocenters. The van der Waals surface area contributed by atoms with Crippen LogP contribution in [0.5, 0.6) is 5.75 Å². The van der Waals surface area contributed by atoms with Crippen molar-refractivity contribution in [3.8, 4) is 5.75 Å². The van der Waals surface area contributed by atoms with Crippen LogP contribution >= 0.6 is 11.8 Å². The highest BCUT2D eigenvalue weighted by molar-refractivity contribution is 8.03. The Hall–Kier alpha value is -2.28. The van der Waals surface area contributed by atoms with E-state index in [0.29, 0.717) is 11.3 Å². The van der Waals surface area contributed by atoms with Gasteiger partial charge in [0.05, 0.1) is 0 Å². The van der Waals surface area contributed by atoms with Crippen molar-refractivity contribution in [3.05, 3.63) is 40.4 Å². The van der Waals surface area contributed by atoms with Gasteiger partial charge in [0, 0.05) is 20.0 Å². The van der Waals surface area contributed by atoms with Crippen molar-refractivity contribution in [2.24, 2.45) is 0 Å². The van der Waals surface area contributed by atoms with Gasteiger partial charge in [-0.25, -0.2) is 0 Å². The van der Waals surface area contributed by atoms with Crippen molar-refractivity contribution in [2.75, 3.05) is 0 Å². The zero-order valence-electron chi connectivity index (χ0n) is 17.1. The molecule has 2 atom stereocenters. The maximum Gasteiger partial charge on any atom is 0.308 e. The van der Waals surface area contributed by atoms with E-state index in [1.165, 1.54) is 25.6 Å². The van der Waals surface area contributed by atoms with E-state index in [4.69, 9.17) is 9.47 Å². The molecular weight excluding hydrogens is 378 g/mol. The van der Waals surface area contributed by atoms with Gasteiger partial charge in [-0.2, -0.15) is 0 Å². The average Bonchev–Trinajstić information content (AvgIpc) is 2.59. The number of rotatable bonds is 6. The lowest BCUT2D eigenvalue weighted by atomic mass is 9.89.